The standard InChI is InChI=1S/C18H16N4O5S/c1-27-14-6-2-13(3-7-14)11-19-22-28(25,26)15-8-4-12(5-9-15)10-16-17(23)21-18(24)20-16/h2-11,22H,1H3,(H2,20,21,23,24)/b16-10-,19-11-. The Morgan fingerprint density at radius 2 is 1.61 bits per heavy atom. The van der Waals surface area contributed by atoms with Crippen molar-refractivity contribution in [3.8, 4) is 5.75 Å². The molecule has 2 aromatic carbocycles. The minimum absolute atomic E-state index is 0.00133. The lowest BCUT2D eigenvalue weighted by Gasteiger charge is -2.04. The summed E-state index contributed by atoms with van der Waals surface area (Å²) in [5.74, 6) is 0.138. The van der Waals surface area contributed by atoms with Crippen LogP contribution in [-0.4, -0.2) is 33.7 Å². The van der Waals surface area contributed by atoms with Crippen LogP contribution >= 0.6 is 0 Å². The molecule has 0 bridgehead atoms. The summed E-state index contributed by atoms with van der Waals surface area (Å²) in [5.41, 5.74) is 1.33. The van der Waals surface area contributed by atoms with E-state index in [2.05, 4.69) is 20.6 Å². The van der Waals surface area contributed by atoms with Crippen LogP contribution in [0.5, 0.6) is 5.75 Å². The number of carbonyl (C=O) groups excluding carboxylic acids is 2. The van der Waals surface area contributed by atoms with E-state index in [4.69, 9.17) is 4.74 Å². The summed E-state index contributed by atoms with van der Waals surface area (Å²) < 4.78 is 29.6. The molecule has 0 aliphatic carbocycles. The first-order valence-electron chi connectivity index (χ1n) is 8.00. The fourth-order valence-corrected chi connectivity index (χ4v) is 3.10. The molecule has 3 N–H and O–H groups in total. The number of ether oxygens (including phenoxy) is 1. The lowest BCUT2D eigenvalue weighted by atomic mass is 10.2. The van der Waals surface area contributed by atoms with Crippen molar-refractivity contribution in [2.24, 2.45) is 5.10 Å². The number of hydrazone groups is 1. The zero-order chi connectivity index (χ0) is 20.1. The van der Waals surface area contributed by atoms with Gasteiger partial charge in [-0.2, -0.15) is 13.5 Å². The predicted octanol–water partition coefficient (Wildman–Crippen LogP) is 1.19. The van der Waals surface area contributed by atoms with Crippen molar-refractivity contribution in [3.63, 3.8) is 0 Å². The number of sulfonamides is 1. The van der Waals surface area contributed by atoms with Crippen LogP contribution in [-0.2, 0) is 14.8 Å². The van der Waals surface area contributed by atoms with Crippen LogP contribution in [0.2, 0.25) is 0 Å². The van der Waals surface area contributed by atoms with E-state index in [9.17, 15) is 18.0 Å². The largest absolute Gasteiger partial charge is 0.497 e. The molecule has 0 unspecified atom stereocenters. The Kier molecular flexibility index (Phi) is 5.41. The van der Waals surface area contributed by atoms with E-state index in [1.54, 1.807) is 31.4 Å². The number of imide groups is 1. The maximum Gasteiger partial charge on any atom is 0.326 e. The van der Waals surface area contributed by atoms with Gasteiger partial charge in [-0.1, -0.05) is 12.1 Å². The van der Waals surface area contributed by atoms with Gasteiger partial charge in [0.05, 0.1) is 18.2 Å². The van der Waals surface area contributed by atoms with E-state index in [1.807, 2.05) is 0 Å². The van der Waals surface area contributed by atoms with Crippen LogP contribution < -0.4 is 20.2 Å². The normalized spacial score (nSPS) is 15.5. The van der Waals surface area contributed by atoms with Gasteiger partial charge in [0, 0.05) is 0 Å². The van der Waals surface area contributed by atoms with Crippen molar-refractivity contribution in [1.82, 2.24) is 15.5 Å². The third-order valence-electron chi connectivity index (χ3n) is 3.72. The van der Waals surface area contributed by atoms with Crippen LogP contribution in [0.4, 0.5) is 4.79 Å². The smallest absolute Gasteiger partial charge is 0.326 e. The highest BCUT2D eigenvalue weighted by Crippen LogP contribution is 2.14. The van der Waals surface area contributed by atoms with E-state index in [0.717, 1.165) is 0 Å². The van der Waals surface area contributed by atoms with Gasteiger partial charge in [0.1, 0.15) is 11.4 Å². The van der Waals surface area contributed by atoms with Crippen molar-refractivity contribution in [2.45, 2.75) is 4.90 Å². The Balaban J connectivity index is 1.68. The number of nitrogens with zero attached hydrogens (tertiary/aromatic N) is 1. The minimum atomic E-state index is -3.85. The minimum Gasteiger partial charge on any atom is -0.497 e. The quantitative estimate of drug-likeness (QED) is 0.291. The molecule has 0 radical (unpaired) electrons. The Morgan fingerprint density at radius 3 is 2.18 bits per heavy atom. The van der Waals surface area contributed by atoms with Gasteiger partial charge in [0.2, 0.25) is 0 Å². The summed E-state index contributed by atoms with van der Waals surface area (Å²) in [6.07, 6.45) is 2.81. The number of amides is 3. The zero-order valence-corrected chi connectivity index (χ0v) is 15.5. The predicted molar refractivity (Wildman–Crippen MR) is 102 cm³/mol. The zero-order valence-electron chi connectivity index (χ0n) is 14.7. The van der Waals surface area contributed by atoms with Crippen molar-refractivity contribution < 1.29 is 22.7 Å². The van der Waals surface area contributed by atoms with Gasteiger partial charge in [0.25, 0.3) is 15.9 Å². The highest BCUT2D eigenvalue weighted by Gasteiger charge is 2.22. The Bertz CT molecular complexity index is 1060. The third kappa shape index (κ3) is 4.54. The molecule has 3 rings (SSSR count). The number of rotatable bonds is 6. The lowest BCUT2D eigenvalue weighted by molar-refractivity contribution is -0.115. The maximum absolute atomic E-state index is 12.3. The molecule has 0 spiro atoms. The fourth-order valence-electron chi connectivity index (χ4n) is 2.31. The molecule has 1 aliphatic rings. The van der Waals surface area contributed by atoms with Gasteiger partial charge in [0.15, 0.2) is 0 Å². The van der Waals surface area contributed by atoms with E-state index in [-0.39, 0.29) is 10.6 Å². The van der Waals surface area contributed by atoms with Crippen LogP contribution in [0.1, 0.15) is 11.1 Å². The topological polar surface area (TPSA) is 126 Å². The summed E-state index contributed by atoms with van der Waals surface area (Å²) in [5, 5.41) is 8.18. The molecule has 10 heteroatoms. The first kappa shape index (κ1) is 19.1. The van der Waals surface area contributed by atoms with Crippen molar-refractivity contribution in [2.75, 3.05) is 7.11 Å². The maximum atomic E-state index is 12.3. The third-order valence-corrected chi connectivity index (χ3v) is 4.96. The van der Waals surface area contributed by atoms with E-state index < -0.39 is 22.0 Å². The van der Waals surface area contributed by atoms with Crippen LogP contribution in [0.15, 0.2) is 64.2 Å². The highest BCUT2D eigenvalue weighted by atomic mass is 32.2. The average Bonchev–Trinajstić information content (AvgIpc) is 2.99. The monoisotopic (exact) mass is 400 g/mol. The van der Waals surface area contributed by atoms with Gasteiger partial charge < -0.3 is 10.1 Å². The number of benzene rings is 2. The number of urea groups is 1. The van der Waals surface area contributed by atoms with E-state index >= 15 is 0 Å². The molecule has 1 aliphatic heterocycles. The van der Waals surface area contributed by atoms with Crippen molar-refractivity contribution >= 4 is 34.3 Å². The molecule has 3 amide bonds. The summed E-state index contributed by atoms with van der Waals surface area (Å²) in [4.78, 5) is 24.7. The van der Waals surface area contributed by atoms with Crippen molar-refractivity contribution in [1.29, 1.82) is 0 Å². The molecule has 1 fully saturated rings. The molecule has 1 saturated heterocycles. The SMILES string of the molecule is COc1ccc(/C=N\NS(=O)(=O)c2ccc(/C=C3\NC(=O)NC3=O)cc2)cc1. The second kappa shape index (κ2) is 7.92. The van der Waals surface area contributed by atoms with E-state index in [0.29, 0.717) is 16.9 Å². The number of methoxy groups -OCH3 is 1. The summed E-state index contributed by atoms with van der Waals surface area (Å²) in [6, 6.07) is 12.1. The Hall–Kier alpha value is -3.66. The molecule has 28 heavy (non-hydrogen) atoms. The molecule has 0 atom stereocenters. The van der Waals surface area contributed by atoms with E-state index in [1.165, 1.54) is 36.6 Å². The van der Waals surface area contributed by atoms with Crippen LogP contribution in [0.25, 0.3) is 6.08 Å². The molecule has 1 heterocycles. The molecule has 0 aromatic heterocycles. The molecular weight excluding hydrogens is 384 g/mol. The molecule has 0 saturated carbocycles. The Labute approximate surface area is 161 Å². The van der Waals surface area contributed by atoms with Crippen LogP contribution in [0, 0.1) is 0 Å². The van der Waals surface area contributed by atoms with Crippen LogP contribution in [0.3, 0.4) is 0 Å². The number of carbonyl (C=O) groups is 2. The summed E-state index contributed by atoms with van der Waals surface area (Å²) in [7, 11) is -2.30. The van der Waals surface area contributed by atoms with Crippen molar-refractivity contribution in [3.05, 3.63) is 65.4 Å². The summed E-state index contributed by atoms with van der Waals surface area (Å²) in [6.45, 7) is 0. The number of hydrogen-bond acceptors (Lipinski definition) is 6. The van der Waals surface area contributed by atoms with Gasteiger partial charge in [-0.3, -0.25) is 10.1 Å². The lowest BCUT2D eigenvalue weighted by Crippen LogP contribution is -2.22. The highest BCUT2D eigenvalue weighted by molar-refractivity contribution is 7.89. The van der Waals surface area contributed by atoms with Gasteiger partial charge >= 0.3 is 6.03 Å². The molecule has 144 valence electrons. The van der Waals surface area contributed by atoms with Gasteiger partial charge in [-0.05, 0) is 53.6 Å². The number of hydrogen-bond donors (Lipinski definition) is 3. The fraction of sp³-hybridized carbons (Fsp3) is 0.0556. The first-order chi connectivity index (χ1) is 13.4. The Morgan fingerprint density at radius 1 is 0.964 bits per heavy atom. The van der Waals surface area contributed by atoms with Gasteiger partial charge in [-0.25, -0.2) is 9.63 Å². The molecule has 2 aromatic rings. The first-order valence-corrected chi connectivity index (χ1v) is 9.49. The second-order valence-electron chi connectivity index (χ2n) is 5.66. The molecule has 9 nitrogen and oxygen atoms in total. The average molecular weight is 400 g/mol. The van der Waals surface area contributed by atoms with Gasteiger partial charge in [-0.15, -0.1) is 0 Å². The summed E-state index contributed by atoms with van der Waals surface area (Å²) >= 11 is 0. The second-order valence-corrected chi connectivity index (χ2v) is 7.32. The molecular formula is C18H16N4O5S. The number of nitrogens with one attached hydrogen (secondary N) is 3.